The van der Waals surface area contributed by atoms with Crippen LogP contribution in [0.15, 0.2) is 0 Å². The molecule has 2 aliphatic heterocycles. The highest BCUT2D eigenvalue weighted by molar-refractivity contribution is 5.97. The number of hydrogen-bond donors (Lipinski definition) is 6. The predicted octanol–water partition coefficient (Wildman–Crippen LogP) is -2.46. The van der Waals surface area contributed by atoms with Gasteiger partial charge in [0.25, 0.3) is 0 Å². The van der Waals surface area contributed by atoms with Crippen LogP contribution in [0.25, 0.3) is 0 Å². The molecule has 0 radical (unpaired) electrons. The fourth-order valence-electron chi connectivity index (χ4n) is 5.00. The SMILES string of the molecule is CC[C@H](C)[C@H](NC(=O)[C@H](CC(N)=O)NC(=O)[C@@H](N)CCC(N)=O)C(=O)N1CCC[C@H]1C(=O)N1CCC[C@H]1C(=O)O. The van der Waals surface area contributed by atoms with Gasteiger partial charge in [0.2, 0.25) is 35.4 Å². The molecule has 2 saturated heterocycles. The summed E-state index contributed by atoms with van der Waals surface area (Å²) >= 11 is 0. The molecule has 9 N–H and O–H groups in total. The lowest BCUT2D eigenvalue weighted by Gasteiger charge is -2.34. The van der Waals surface area contributed by atoms with Crippen LogP contribution >= 0.6 is 0 Å². The zero-order valence-electron chi connectivity index (χ0n) is 23.0. The molecule has 0 saturated carbocycles. The molecule has 40 heavy (non-hydrogen) atoms. The molecule has 0 aromatic heterocycles. The molecule has 15 nitrogen and oxygen atoms in total. The molecule has 0 bridgehead atoms. The molecule has 6 amide bonds. The van der Waals surface area contributed by atoms with Gasteiger partial charge in [-0.2, -0.15) is 0 Å². The third-order valence-corrected chi connectivity index (χ3v) is 7.50. The molecule has 2 aliphatic rings. The van der Waals surface area contributed by atoms with Crippen molar-refractivity contribution >= 4 is 41.4 Å². The third kappa shape index (κ3) is 8.37. The Kier molecular flexibility index (Phi) is 11.8. The van der Waals surface area contributed by atoms with Gasteiger partial charge in [-0.15, -0.1) is 0 Å². The Hall–Kier alpha value is -3.75. The first-order valence-electron chi connectivity index (χ1n) is 13.5. The van der Waals surface area contributed by atoms with E-state index in [9.17, 15) is 38.7 Å². The number of nitrogens with two attached hydrogens (primary N) is 3. The van der Waals surface area contributed by atoms with Crippen LogP contribution in [-0.2, 0) is 33.6 Å². The largest absolute Gasteiger partial charge is 0.480 e. The molecule has 2 rings (SSSR count). The van der Waals surface area contributed by atoms with Crippen molar-refractivity contribution in [2.45, 2.75) is 95.4 Å². The average molecular weight is 568 g/mol. The number of rotatable bonds is 14. The smallest absolute Gasteiger partial charge is 0.326 e. The first kappa shape index (κ1) is 32.5. The molecule has 0 unspecified atom stereocenters. The topological polar surface area (TPSA) is 248 Å². The van der Waals surface area contributed by atoms with Crippen LogP contribution in [0.5, 0.6) is 0 Å². The molecule has 2 heterocycles. The second-order valence-corrected chi connectivity index (χ2v) is 10.4. The normalized spacial score (nSPS) is 21.7. The summed E-state index contributed by atoms with van der Waals surface area (Å²) in [5.41, 5.74) is 16.1. The summed E-state index contributed by atoms with van der Waals surface area (Å²) < 4.78 is 0. The lowest BCUT2D eigenvalue weighted by Crippen LogP contribution is -2.60. The highest BCUT2D eigenvalue weighted by Crippen LogP contribution is 2.26. The Morgan fingerprint density at radius 1 is 0.900 bits per heavy atom. The first-order chi connectivity index (χ1) is 18.8. The average Bonchev–Trinajstić information content (AvgIpc) is 3.58. The number of nitrogens with one attached hydrogen (secondary N) is 2. The van der Waals surface area contributed by atoms with E-state index in [4.69, 9.17) is 17.2 Å². The van der Waals surface area contributed by atoms with Crippen molar-refractivity contribution in [3.63, 3.8) is 0 Å². The lowest BCUT2D eigenvalue weighted by atomic mass is 9.96. The van der Waals surface area contributed by atoms with Crippen LogP contribution in [0.4, 0.5) is 0 Å². The van der Waals surface area contributed by atoms with Crippen LogP contribution in [0.1, 0.15) is 65.2 Å². The van der Waals surface area contributed by atoms with Gasteiger partial charge in [0.1, 0.15) is 24.2 Å². The Morgan fingerprint density at radius 2 is 1.50 bits per heavy atom. The quantitative estimate of drug-likeness (QED) is 0.130. The van der Waals surface area contributed by atoms with E-state index in [0.717, 1.165) is 0 Å². The summed E-state index contributed by atoms with van der Waals surface area (Å²) in [6.45, 7) is 4.08. The van der Waals surface area contributed by atoms with Crippen molar-refractivity contribution in [1.82, 2.24) is 20.4 Å². The highest BCUT2D eigenvalue weighted by Gasteiger charge is 2.44. The maximum Gasteiger partial charge on any atom is 0.326 e. The summed E-state index contributed by atoms with van der Waals surface area (Å²) in [5.74, 6) is -5.65. The monoisotopic (exact) mass is 567 g/mol. The maximum absolute atomic E-state index is 13.7. The van der Waals surface area contributed by atoms with Crippen molar-refractivity contribution in [2.24, 2.45) is 23.1 Å². The predicted molar refractivity (Wildman–Crippen MR) is 141 cm³/mol. The zero-order valence-corrected chi connectivity index (χ0v) is 23.0. The lowest BCUT2D eigenvalue weighted by molar-refractivity contribution is -0.152. The van der Waals surface area contributed by atoms with Gasteiger partial charge in [-0.3, -0.25) is 28.8 Å². The van der Waals surface area contributed by atoms with E-state index < -0.39 is 84.0 Å². The third-order valence-electron chi connectivity index (χ3n) is 7.50. The number of likely N-dealkylation sites (tertiary alicyclic amines) is 2. The molecule has 224 valence electrons. The van der Waals surface area contributed by atoms with Crippen molar-refractivity contribution in [3.05, 3.63) is 0 Å². The number of aliphatic carboxylic acids is 1. The van der Waals surface area contributed by atoms with Crippen LogP contribution < -0.4 is 27.8 Å². The fourth-order valence-corrected chi connectivity index (χ4v) is 5.00. The molecule has 0 aliphatic carbocycles. The molecule has 0 aromatic rings. The van der Waals surface area contributed by atoms with E-state index >= 15 is 0 Å². The van der Waals surface area contributed by atoms with E-state index in [1.54, 1.807) is 6.92 Å². The van der Waals surface area contributed by atoms with Crippen molar-refractivity contribution in [2.75, 3.05) is 13.1 Å². The van der Waals surface area contributed by atoms with Crippen LogP contribution in [0.2, 0.25) is 0 Å². The number of carbonyl (C=O) groups excluding carboxylic acids is 6. The number of hydrogen-bond acceptors (Lipinski definition) is 8. The standard InChI is InChI=1S/C25H41N7O8/c1-3-13(2)20(30-22(36)15(12-19(28)34)29-21(35)14(26)8-9-18(27)33)24(38)31-10-4-6-16(31)23(37)32-11-5-7-17(32)25(39)40/h13-17,20H,3-12,26H2,1-2H3,(H2,27,33)(H2,28,34)(H,29,35)(H,30,36)(H,39,40)/t13-,14-,15-,16-,17-,20-/m0/s1. The van der Waals surface area contributed by atoms with E-state index in [1.165, 1.54) is 9.80 Å². The van der Waals surface area contributed by atoms with Crippen molar-refractivity contribution in [1.29, 1.82) is 0 Å². The number of carboxylic acid groups (broad SMARTS) is 1. The van der Waals surface area contributed by atoms with Crippen LogP contribution in [-0.4, -0.2) is 99.6 Å². The van der Waals surface area contributed by atoms with Crippen molar-refractivity contribution < 1.29 is 38.7 Å². The molecule has 0 spiro atoms. The van der Waals surface area contributed by atoms with Gasteiger partial charge in [-0.1, -0.05) is 20.3 Å². The van der Waals surface area contributed by atoms with E-state index in [2.05, 4.69) is 10.6 Å². The Labute approximate surface area is 232 Å². The molecule has 0 aromatic carbocycles. The number of carbonyl (C=O) groups is 7. The molecular weight excluding hydrogens is 526 g/mol. The Balaban J connectivity index is 2.20. The maximum atomic E-state index is 13.7. The van der Waals surface area contributed by atoms with Gasteiger partial charge in [0.05, 0.1) is 12.5 Å². The molecule has 15 heteroatoms. The van der Waals surface area contributed by atoms with E-state index in [-0.39, 0.29) is 25.9 Å². The molecule has 6 atom stereocenters. The van der Waals surface area contributed by atoms with Crippen molar-refractivity contribution in [3.8, 4) is 0 Å². The second-order valence-electron chi connectivity index (χ2n) is 10.4. The van der Waals surface area contributed by atoms with Crippen LogP contribution in [0, 0.1) is 5.92 Å². The van der Waals surface area contributed by atoms with Gasteiger partial charge in [0, 0.05) is 19.5 Å². The number of amides is 6. The Bertz CT molecular complexity index is 1010. The summed E-state index contributed by atoms with van der Waals surface area (Å²) in [4.78, 5) is 89.7. The summed E-state index contributed by atoms with van der Waals surface area (Å²) in [6, 6.07) is -5.53. The van der Waals surface area contributed by atoms with E-state index in [1.807, 2.05) is 6.92 Å². The Morgan fingerprint density at radius 3 is 2.05 bits per heavy atom. The van der Waals surface area contributed by atoms with Crippen LogP contribution in [0.3, 0.4) is 0 Å². The summed E-state index contributed by atoms with van der Waals surface area (Å²) in [6.07, 6.45) is 1.44. The molecule has 2 fully saturated rings. The van der Waals surface area contributed by atoms with E-state index in [0.29, 0.717) is 32.1 Å². The minimum Gasteiger partial charge on any atom is -0.480 e. The van der Waals surface area contributed by atoms with Gasteiger partial charge in [-0.05, 0) is 38.0 Å². The fraction of sp³-hybridized carbons (Fsp3) is 0.720. The summed E-state index contributed by atoms with van der Waals surface area (Å²) in [5, 5.41) is 14.5. The minimum atomic E-state index is -1.44. The number of nitrogens with zero attached hydrogens (tertiary/aromatic N) is 2. The second kappa shape index (κ2) is 14.6. The van der Waals surface area contributed by atoms with Gasteiger partial charge >= 0.3 is 5.97 Å². The zero-order chi connectivity index (χ0) is 30.1. The van der Waals surface area contributed by atoms with Gasteiger partial charge in [0.15, 0.2) is 0 Å². The van der Waals surface area contributed by atoms with Gasteiger partial charge < -0.3 is 42.7 Å². The molecular formula is C25H41N7O8. The number of carboxylic acids is 1. The van der Waals surface area contributed by atoms with Gasteiger partial charge in [-0.25, -0.2) is 4.79 Å². The summed E-state index contributed by atoms with van der Waals surface area (Å²) in [7, 11) is 0. The highest BCUT2D eigenvalue weighted by atomic mass is 16.4. The first-order valence-corrected chi connectivity index (χ1v) is 13.5. The number of primary amides is 2. The minimum absolute atomic E-state index is 0.0792.